The van der Waals surface area contributed by atoms with Gasteiger partial charge < -0.3 is 22.8 Å². The maximum atomic E-state index is 6.03. The number of rotatable bonds is 12. The molecule has 0 bridgehead atoms. The molecule has 1 aromatic carbocycles. The van der Waals surface area contributed by atoms with Gasteiger partial charge in [0.2, 0.25) is 0 Å². The minimum absolute atomic E-state index is 0.450. The monoisotopic (exact) mass is 342 g/mol. The van der Waals surface area contributed by atoms with Crippen LogP contribution in [0.5, 0.6) is 0 Å². The molecule has 0 spiro atoms. The maximum absolute atomic E-state index is 6.03. The van der Waals surface area contributed by atoms with E-state index in [-0.39, 0.29) is 0 Å². The van der Waals surface area contributed by atoms with Crippen LogP contribution in [0.4, 0.5) is 0 Å². The highest BCUT2D eigenvalue weighted by atomic mass is 28.4. The molecule has 6 heteroatoms. The lowest BCUT2D eigenvalue weighted by Gasteiger charge is -2.31. The lowest BCUT2D eigenvalue weighted by Crippen LogP contribution is -2.58. The predicted octanol–water partition coefficient (Wildman–Crippen LogP) is 3.01. The van der Waals surface area contributed by atoms with Gasteiger partial charge in [-0.05, 0) is 34.6 Å². The summed E-state index contributed by atoms with van der Waals surface area (Å²) >= 11 is 0. The Balaban J connectivity index is 3.34. The van der Waals surface area contributed by atoms with Gasteiger partial charge in [0, 0.05) is 43.8 Å². The molecule has 0 heterocycles. The van der Waals surface area contributed by atoms with Crippen molar-refractivity contribution in [3.8, 4) is 0 Å². The maximum Gasteiger partial charge on any atom is 0.537 e. The average molecular weight is 343 g/mol. The highest BCUT2D eigenvalue weighted by molar-refractivity contribution is 6.75. The molecular formula is C17H30O5Si. The van der Waals surface area contributed by atoms with Crippen molar-refractivity contribution in [2.24, 2.45) is 0 Å². The van der Waals surface area contributed by atoms with Gasteiger partial charge in [0.1, 0.15) is 0 Å². The predicted molar refractivity (Wildman–Crippen MR) is 92.7 cm³/mol. The first kappa shape index (κ1) is 20.3. The Morgan fingerprint density at radius 2 is 1.22 bits per heavy atom. The van der Waals surface area contributed by atoms with Gasteiger partial charge in [-0.2, -0.15) is 0 Å². The second-order valence-electron chi connectivity index (χ2n) is 4.69. The molecule has 0 aliphatic rings. The van der Waals surface area contributed by atoms with Crippen molar-refractivity contribution in [2.45, 2.75) is 40.9 Å². The van der Waals surface area contributed by atoms with Crippen LogP contribution in [0.25, 0.3) is 0 Å². The zero-order valence-electron chi connectivity index (χ0n) is 15.0. The first-order valence-corrected chi connectivity index (χ1v) is 10.2. The largest absolute Gasteiger partial charge is 0.537 e. The van der Waals surface area contributed by atoms with Crippen molar-refractivity contribution in [2.75, 3.05) is 33.0 Å². The smallest absolute Gasteiger partial charge is 0.370 e. The van der Waals surface area contributed by atoms with Crippen molar-refractivity contribution in [1.82, 2.24) is 0 Å². The van der Waals surface area contributed by atoms with Crippen LogP contribution in [0.3, 0.4) is 0 Å². The van der Waals surface area contributed by atoms with E-state index in [4.69, 9.17) is 22.8 Å². The van der Waals surface area contributed by atoms with Gasteiger partial charge in [-0.3, -0.25) is 0 Å². The molecule has 132 valence electrons. The fourth-order valence-electron chi connectivity index (χ4n) is 2.44. The lowest BCUT2D eigenvalue weighted by molar-refractivity contribution is -0.140. The van der Waals surface area contributed by atoms with E-state index in [1.54, 1.807) is 0 Å². The molecule has 0 aliphatic heterocycles. The first-order chi connectivity index (χ1) is 11.2. The van der Waals surface area contributed by atoms with Crippen molar-refractivity contribution >= 4 is 14.0 Å². The number of hydrogen-bond donors (Lipinski definition) is 0. The molecule has 23 heavy (non-hydrogen) atoms. The van der Waals surface area contributed by atoms with Crippen molar-refractivity contribution < 1.29 is 22.8 Å². The Kier molecular flexibility index (Phi) is 9.62. The molecule has 0 aromatic heterocycles. The van der Waals surface area contributed by atoms with Crippen LogP contribution in [0.1, 0.15) is 46.5 Å². The van der Waals surface area contributed by atoms with Gasteiger partial charge in [-0.15, -0.1) is 0 Å². The number of ether oxygens (including phenoxy) is 2. The SMILES string of the molecule is CCOC(OCC)c1ccccc1[Si](OCC)(OCC)OCC. The van der Waals surface area contributed by atoms with E-state index >= 15 is 0 Å². The Labute approximate surface area is 141 Å². The van der Waals surface area contributed by atoms with Crippen LogP contribution in [0, 0.1) is 0 Å². The highest BCUT2D eigenvalue weighted by Gasteiger charge is 2.46. The fourth-order valence-corrected chi connectivity index (χ4v) is 5.15. The molecule has 1 aromatic rings. The molecule has 0 unspecified atom stereocenters. The van der Waals surface area contributed by atoms with E-state index in [0.717, 1.165) is 10.8 Å². The Morgan fingerprint density at radius 1 is 0.739 bits per heavy atom. The van der Waals surface area contributed by atoms with E-state index < -0.39 is 15.1 Å². The number of hydrogen-bond acceptors (Lipinski definition) is 5. The van der Waals surface area contributed by atoms with Crippen LogP contribution < -0.4 is 5.19 Å². The fraction of sp³-hybridized carbons (Fsp3) is 0.647. The van der Waals surface area contributed by atoms with Gasteiger partial charge in [0.15, 0.2) is 6.29 Å². The molecule has 0 radical (unpaired) electrons. The van der Waals surface area contributed by atoms with Crippen molar-refractivity contribution in [3.05, 3.63) is 29.8 Å². The molecule has 1 rings (SSSR count). The van der Waals surface area contributed by atoms with Crippen LogP contribution in [0.15, 0.2) is 24.3 Å². The standard InChI is InChI=1S/C17H30O5Si/c1-6-18-17(19-7-2)15-13-11-12-14-16(15)23(20-8-3,21-9-4)22-10-5/h11-14,17H,6-10H2,1-5H3. The van der Waals surface area contributed by atoms with Gasteiger partial charge in [-0.25, -0.2) is 0 Å². The summed E-state index contributed by atoms with van der Waals surface area (Å²) in [5, 5.41) is 0.914. The third-order valence-corrected chi connectivity index (χ3v) is 6.30. The van der Waals surface area contributed by atoms with Gasteiger partial charge in [-0.1, -0.05) is 24.3 Å². The van der Waals surface area contributed by atoms with Crippen LogP contribution in [0.2, 0.25) is 0 Å². The summed E-state index contributed by atoms with van der Waals surface area (Å²) in [6.07, 6.45) is -0.450. The molecule has 0 saturated carbocycles. The van der Waals surface area contributed by atoms with E-state index in [1.807, 2.05) is 58.9 Å². The second kappa shape index (κ2) is 10.9. The van der Waals surface area contributed by atoms with Crippen molar-refractivity contribution in [3.63, 3.8) is 0 Å². The Morgan fingerprint density at radius 3 is 1.65 bits per heavy atom. The zero-order chi connectivity index (χ0) is 17.1. The van der Waals surface area contributed by atoms with Gasteiger partial charge >= 0.3 is 8.80 Å². The topological polar surface area (TPSA) is 46.2 Å². The minimum atomic E-state index is -3.00. The lowest BCUT2D eigenvalue weighted by atomic mass is 10.2. The molecule has 0 atom stereocenters. The van der Waals surface area contributed by atoms with Gasteiger partial charge in [0.05, 0.1) is 0 Å². The molecule has 0 fully saturated rings. The highest BCUT2D eigenvalue weighted by Crippen LogP contribution is 2.22. The Hall–Kier alpha value is -0.763. The number of benzene rings is 1. The third-order valence-electron chi connectivity index (χ3n) is 3.18. The second-order valence-corrected chi connectivity index (χ2v) is 7.20. The molecule has 0 aliphatic carbocycles. The van der Waals surface area contributed by atoms with Crippen LogP contribution >= 0.6 is 0 Å². The molecular weight excluding hydrogens is 312 g/mol. The minimum Gasteiger partial charge on any atom is -0.370 e. The average Bonchev–Trinajstić information content (AvgIpc) is 2.55. The van der Waals surface area contributed by atoms with Crippen LogP contribution in [-0.2, 0) is 22.8 Å². The summed E-state index contributed by atoms with van der Waals surface area (Å²) in [4.78, 5) is 0. The normalized spacial score (nSPS) is 12.1. The Bertz CT molecular complexity index is 418. The summed E-state index contributed by atoms with van der Waals surface area (Å²) in [5.41, 5.74) is 0.915. The summed E-state index contributed by atoms with van der Waals surface area (Å²) in [7, 11) is -3.00. The van der Waals surface area contributed by atoms with E-state index in [2.05, 4.69) is 0 Å². The molecule has 5 nitrogen and oxygen atoms in total. The van der Waals surface area contributed by atoms with E-state index in [0.29, 0.717) is 33.0 Å². The molecule has 0 amide bonds. The molecule has 0 saturated heterocycles. The van der Waals surface area contributed by atoms with E-state index in [1.165, 1.54) is 0 Å². The summed E-state index contributed by atoms with van der Waals surface area (Å²) in [5.74, 6) is 0. The summed E-state index contributed by atoms with van der Waals surface area (Å²) in [6.45, 7) is 12.4. The van der Waals surface area contributed by atoms with Gasteiger partial charge in [0.25, 0.3) is 0 Å². The zero-order valence-corrected chi connectivity index (χ0v) is 16.0. The first-order valence-electron chi connectivity index (χ1n) is 8.43. The van der Waals surface area contributed by atoms with Crippen molar-refractivity contribution in [1.29, 1.82) is 0 Å². The quantitative estimate of drug-likeness (QED) is 0.432. The van der Waals surface area contributed by atoms with E-state index in [9.17, 15) is 0 Å². The summed E-state index contributed by atoms with van der Waals surface area (Å²) in [6, 6.07) is 7.91. The summed E-state index contributed by atoms with van der Waals surface area (Å²) < 4.78 is 29.6. The third kappa shape index (κ3) is 5.38. The molecule has 0 N–H and O–H groups in total. The van der Waals surface area contributed by atoms with Crippen LogP contribution in [-0.4, -0.2) is 41.8 Å².